The van der Waals surface area contributed by atoms with Gasteiger partial charge in [-0.05, 0) is 12.8 Å². The van der Waals surface area contributed by atoms with E-state index < -0.39 is 6.10 Å². The van der Waals surface area contributed by atoms with Crippen molar-refractivity contribution < 1.29 is 24.2 Å². The maximum Gasteiger partial charge on any atom is 0.306 e. The molecule has 1 atom stereocenters. The molecule has 172 valence electrons. The van der Waals surface area contributed by atoms with Gasteiger partial charge in [-0.2, -0.15) is 0 Å². The first-order valence-corrected chi connectivity index (χ1v) is 12.1. The lowest BCUT2D eigenvalue weighted by Gasteiger charge is -2.15. The summed E-state index contributed by atoms with van der Waals surface area (Å²) in [7, 11) is 0. The maximum atomic E-state index is 11.9. The first-order valence-electron chi connectivity index (χ1n) is 12.1. The summed E-state index contributed by atoms with van der Waals surface area (Å²) in [4.78, 5) is 23.5. The summed E-state index contributed by atoms with van der Waals surface area (Å²) >= 11 is 0. The van der Waals surface area contributed by atoms with Gasteiger partial charge in [0, 0.05) is 12.8 Å². The molecular weight excluding hydrogens is 368 g/mol. The zero-order valence-corrected chi connectivity index (χ0v) is 19.1. The third-order valence-electron chi connectivity index (χ3n) is 5.15. The Bertz CT molecular complexity index is 383. The first kappa shape index (κ1) is 27.9. The highest BCUT2D eigenvalue weighted by atomic mass is 16.6. The Kier molecular flexibility index (Phi) is 20.8. The standard InChI is InChI=1S/C24H46O5/c1-3-5-7-9-10-11-12-13-14-15-17-19-24(27)29-22(20-25)21-28-23(26)18-16-8-6-4-2/h22,25H,3-21H2,1-2H3. The second kappa shape index (κ2) is 21.6. The molecule has 0 saturated heterocycles. The van der Waals surface area contributed by atoms with Crippen LogP contribution in [-0.2, 0) is 19.1 Å². The van der Waals surface area contributed by atoms with Crippen LogP contribution in [0.2, 0.25) is 0 Å². The van der Waals surface area contributed by atoms with Crippen molar-refractivity contribution in [3.05, 3.63) is 0 Å². The third-order valence-corrected chi connectivity index (χ3v) is 5.15. The van der Waals surface area contributed by atoms with E-state index >= 15 is 0 Å². The molecule has 0 aliphatic heterocycles. The van der Waals surface area contributed by atoms with Crippen molar-refractivity contribution in [3.8, 4) is 0 Å². The fourth-order valence-electron chi connectivity index (χ4n) is 3.26. The number of aliphatic hydroxyl groups is 1. The van der Waals surface area contributed by atoms with E-state index in [2.05, 4.69) is 13.8 Å². The Morgan fingerprint density at radius 2 is 1.07 bits per heavy atom. The normalized spacial score (nSPS) is 12.0. The van der Waals surface area contributed by atoms with Gasteiger partial charge in [-0.15, -0.1) is 0 Å². The number of aliphatic hydroxyl groups excluding tert-OH is 1. The van der Waals surface area contributed by atoms with Crippen LogP contribution in [0, 0.1) is 0 Å². The number of carbonyl (C=O) groups is 2. The number of unbranched alkanes of at least 4 members (excludes halogenated alkanes) is 13. The largest absolute Gasteiger partial charge is 0.462 e. The van der Waals surface area contributed by atoms with E-state index in [0.717, 1.165) is 44.9 Å². The number of ether oxygens (including phenoxy) is 2. The highest BCUT2D eigenvalue weighted by Gasteiger charge is 2.15. The summed E-state index contributed by atoms with van der Waals surface area (Å²) in [5.74, 6) is -0.611. The van der Waals surface area contributed by atoms with E-state index in [-0.39, 0.29) is 25.2 Å². The topological polar surface area (TPSA) is 72.8 Å². The minimum atomic E-state index is -0.755. The highest BCUT2D eigenvalue weighted by Crippen LogP contribution is 2.12. The van der Waals surface area contributed by atoms with E-state index in [9.17, 15) is 14.7 Å². The van der Waals surface area contributed by atoms with Crippen LogP contribution in [0.4, 0.5) is 0 Å². The lowest BCUT2D eigenvalue weighted by atomic mass is 10.1. The van der Waals surface area contributed by atoms with Crippen molar-refractivity contribution in [2.24, 2.45) is 0 Å². The fraction of sp³-hybridized carbons (Fsp3) is 0.917. The van der Waals surface area contributed by atoms with Gasteiger partial charge in [-0.1, -0.05) is 97.3 Å². The van der Waals surface area contributed by atoms with E-state index in [0.29, 0.717) is 12.8 Å². The van der Waals surface area contributed by atoms with Crippen LogP contribution in [-0.4, -0.2) is 36.4 Å². The molecule has 0 saturated carbocycles. The minimum Gasteiger partial charge on any atom is -0.462 e. The van der Waals surface area contributed by atoms with Gasteiger partial charge in [0.15, 0.2) is 6.10 Å². The van der Waals surface area contributed by atoms with E-state index in [1.165, 1.54) is 51.4 Å². The Balaban J connectivity index is 3.59. The van der Waals surface area contributed by atoms with Crippen LogP contribution in [0.1, 0.15) is 123 Å². The Labute approximate surface area is 178 Å². The average molecular weight is 415 g/mol. The summed E-state index contributed by atoms with van der Waals surface area (Å²) in [5.41, 5.74) is 0. The molecule has 0 amide bonds. The van der Waals surface area contributed by atoms with Crippen molar-refractivity contribution >= 4 is 11.9 Å². The highest BCUT2D eigenvalue weighted by molar-refractivity contribution is 5.70. The lowest BCUT2D eigenvalue weighted by Crippen LogP contribution is -2.28. The molecule has 1 unspecified atom stereocenters. The van der Waals surface area contributed by atoms with Gasteiger partial charge in [0.25, 0.3) is 0 Å². The number of hydrogen-bond donors (Lipinski definition) is 1. The molecule has 0 aromatic heterocycles. The van der Waals surface area contributed by atoms with E-state index in [1.807, 2.05) is 0 Å². The van der Waals surface area contributed by atoms with Gasteiger partial charge in [-0.3, -0.25) is 9.59 Å². The third kappa shape index (κ3) is 20.0. The molecule has 0 aromatic rings. The molecule has 5 nitrogen and oxygen atoms in total. The molecule has 0 spiro atoms. The van der Waals surface area contributed by atoms with Gasteiger partial charge in [0.1, 0.15) is 6.61 Å². The minimum absolute atomic E-state index is 0.0624. The van der Waals surface area contributed by atoms with Gasteiger partial charge >= 0.3 is 11.9 Å². The van der Waals surface area contributed by atoms with E-state index in [4.69, 9.17) is 9.47 Å². The molecule has 1 N–H and O–H groups in total. The van der Waals surface area contributed by atoms with Crippen molar-refractivity contribution in [2.45, 2.75) is 129 Å². The molecular formula is C24H46O5. The van der Waals surface area contributed by atoms with Gasteiger partial charge in [-0.25, -0.2) is 0 Å². The van der Waals surface area contributed by atoms with Gasteiger partial charge in [0.05, 0.1) is 6.61 Å². The molecule has 29 heavy (non-hydrogen) atoms. The quantitative estimate of drug-likeness (QED) is 0.181. The van der Waals surface area contributed by atoms with Crippen LogP contribution in [0.25, 0.3) is 0 Å². The maximum absolute atomic E-state index is 11.9. The van der Waals surface area contributed by atoms with Crippen LogP contribution in [0.5, 0.6) is 0 Å². The smallest absolute Gasteiger partial charge is 0.306 e. The summed E-state index contributed by atoms with van der Waals surface area (Å²) < 4.78 is 10.3. The Morgan fingerprint density at radius 1 is 0.655 bits per heavy atom. The number of rotatable bonds is 21. The van der Waals surface area contributed by atoms with Crippen LogP contribution in [0.15, 0.2) is 0 Å². The average Bonchev–Trinajstić information content (AvgIpc) is 2.72. The van der Waals surface area contributed by atoms with E-state index in [1.54, 1.807) is 0 Å². The van der Waals surface area contributed by atoms with Crippen molar-refractivity contribution in [2.75, 3.05) is 13.2 Å². The lowest BCUT2D eigenvalue weighted by molar-refractivity contribution is -0.161. The Morgan fingerprint density at radius 3 is 1.55 bits per heavy atom. The summed E-state index contributed by atoms with van der Waals surface area (Å²) in [6, 6.07) is 0. The molecule has 0 aliphatic rings. The molecule has 0 aliphatic carbocycles. The monoisotopic (exact) mass is 414 g/mol. The SMILES string of the molecule is CCCCCCCCCCCCCC(=O)OC(CO)COC(=O)CCCCCC. The Hall–Kier alpha value is -1.10. The predicted molar refractivity (Wildman–Crippen MR) is 118 cm³/mol. The predicted octanol–water partition coefficient (Wildman–Crippen LogP) is 6.11. The second-order valence-corrected chi connectivity index (χ2v) is 8.07. The fourth-order valence-corrected chi connectivity index (χ4v) is 3.26. The van der Waals surface area contributed by atoms with Crippen LogP contribution >= 0.6 is 0 Å². The van der Waals surface area contributed by atoms with Crippen molar-refractivity contribution in [1.82, 2.24) is 0 Å². The van der Waals surface area contributed by atoms with Crippen molar-refractivity contribution in [3.63, 3.8) is 0 Å². The molecule has 0 heterocycles. The molecule has 0 rings (SSSR count). The van der Waals surface area contributed by atoms with Crippen LogP contribution in [0.3, 0.4) is 0 Å². The van der Waals surface area contributed by atoms with Crippen LogP contribution < -0.4 is 0 Å². The van der Waals surface area contributed by atoms with Gasteiger partial charge < -0.3 is 14.6 Å². The summed E-state index contributed by atoms with van der Waals surface area (Å²) in [5, 5.41) is 9.33. The first-order chi connectivity index (χ1) is 14.1. The molecule has 5 heteroatoms. The zero-order chi connectivity index (χ0) is 21.6. The number of carbonyl (C=O) groups excluding carboxylic acids is 2. The molecule has 0 fully saturated rings. The zero-order valence-electron chi connectivity index (χ0n) is 19.1. The number of esters is 2. The molecule has 0 bridgehead atoms. The molecule has 0 aromatic carbocycles. The summed E-state index contributed by atoms with van der Waals surface area (Å²) in [6.07, 6.45) is 17.6. The van der Waals surface area contributed by atoms with Crippen molar-refractivity contribution in [1.29, 1.82) is 0 Å². The summed E-state index contributed by atoms with van der Waals surface area (Å²) in [6.45, 7) is 3.97. The number of hydrogen-bond acceptors (Lipinski definition) is 5. The van der Waals surface area contributed by atoms with Gasteiger partial charge in [0.2, 0.25) is 0 Å². The second-order valence-electron chi connectivity index (χ2n) is 8.07. The molecule has 0 radical (unpaired) electrons.